The van der Waals surface area contributed by atoms with Crippen LogP contribution in [0.25, 0.3) is 0 Å². The largest absolute Gasteiger partial charge is 0.323 e. The van der Waals surface area contributed by atoms with E-state index in [9.17, 15) is 0 Å². The number of pyridine rings is 1. The zero-order chi connectivity index (χ0) is 8.55. The molecule has 0 fully saturated rings. The van der Waals surface area contributed by atoms with Gasteiger partial charge in [0.2, 0.25) is 0 Å². The third kappa shape index (κ3) is 2.01. The van der Waals surface area contributed by atoms with Gasteiger partial charge >= 0.3 is 0 Å². The first-order valence-electron chi connectivity index (χ1n) is 4.49. The Morgan fingerprint density at radius 1 is 1.46 bits per heavy atom. The fourth-order valence-electron chi connectivity index (χ4n) is 1.79. The standard InChI is InChI=1S/C10H14N2.ClH/c1-7-5-6-8-3-2-4-9(11)10(8)12-7;/h5-6,9H,2-4,11H2,1H3;1H. The minimum Gasteiger partial charge on any atom is -0.323 e. The zero-order valence-electron chi connectivity index (χ0n) is 7.79. The van der Waals surface area contributed by atoms with Crippen molar-refractivity contribution in [1.29, 1.82) is 0 Å². The lowest BCUT2D eigenvalue weighted by molar-refractivity contribution is 0.552. The van der Waals surface area contributed by atoms with Crippen LogP contribution in [0.4, 0.5) is 0 Å². The summed E-state index contributed by atoms with van der Waals surface area (Å²) in [6, 6.07) is 4.40. The van der Waals surface area contributed by atoms with Crippen LogP contribution in [0.3, 0.4) is 0 Å². The third-order valence-corrected chi connectivity index (χ3v) is 2.46. The van der Waals surface area contributed by atoms with E-state index in [1.54, 1.807) is 0 Å². The summed E-state index contributed by atoms with van der Waals surface area (Å²) in [5.41, 5.74) is 9.50. The van der Waals surface area contributed by atoms with Gasteiger partial charge in [-0.2, -0.15) is 0 Å². The van der Waals surface area contributed by atoms with Crippen LogP contribution in [-0.4, -0.2) is 4.98 Å². The van der Waals surface area contributed by atoms with E-state index in [1.807, 2.05) is 6.92 Å². The van der Waals surface area contributed by atoms with E-state index in [-0.39, 0.29) is 18.4 Å². The second kappa shape index (κ2) is 4.07. The Labute approximate surface area is 85.0 Å². The van der Waals surface area contributed by atoms with Crippen molar-refractivity contribution in [3.05, 3.63) is 29.1 Å². The van der Waals surface area contributed by atoms with Gasteiger partial charge in [0.15, 0.2) is 0 Å². The summed E-state index contributed by atoms with van der Waals surface area (Å²) < 4.78 is 0. The molecule has 0 saturated carbocycles. The third-order valence-electron chi connectivity index (χ3n) is 2.46. The van der Waals surface area contributed by atoms with E-state index >= 15 is 0 Å². The van der Waals surface area contributed by atoms with E-state index in [0.717, 1.165) is 24.2 Å². The van der Waals surface area contributed by atoms with Crippen LogP contribution in [-0.2, 0) is 6.42 Å². The number of halogens is 1. The number of hydrogen-bond donors (Lipinski definition) is 1. The zero-order valence-corrected chi connectivity index (χ0v) is 8.60. The first kappa shape index (κ1) is 10.5. The van der Waals surface area contributed by atoms with Crippen molar-refractivity contribution in [1.82, 2.24) is 4.98 Å². The van der Waals surface area contributed by atoms with Crippen LogP contribution >= 0.6 is 12.4 Å². The van der Waals surface area contributed by atoms with Crippen molar-refractivity contribution in [3.63, 3.8) is 0 Å². The number of fused-ring (bicyclic) bond motifs is 1. The molecule has 2 rings (SSSR count). The van der Waals surface area contributed by atoms with Crippen molar-refractivity contribution < 1.29 is 0 Å². The topological polar surface area (TPSA) is 38.9 Å². The van der Waals surface area contributed by atoms with Gasteiger partial charge in [0.05, 0.1) is 5.69 Å². The maximum absolute atomic E-state index is 5.95. The van der Waals surface area contributed by atoms with E-state index in [1.165, 1.54) is 12.0 Å². The Morgan fingerprint density at radius 2 is 2.23 bits per heavy atom. The van der Waals surface area contributed by atoms with Crippen molar-refractivity contribution in [2.24, 2.45) is 5.73 Å². The van der Waals surface area contributed by atoms with Crippen LogP contribution in [0.15, 0.2) is 12.1 Å². The molecule has 1 aromatic heterocycles. The average molecular weight is 199 g/mol. The Morgan fingerprint density at radius 3 is 3.00 bits per heavy atom. The molecule has 2 nitrogen and oxygen atoms in total. The number of aryl methyl sites for hydroxylation is 2. The Hall–Kier alpha value is -0.600. The van der Waals surface area contributed by atoms with Gasteiger partial charge in [0, 0.05) is 11.7 Å². The first-order valence-corrected chi connectivity index (χ1v) is 4.49. The van der Waals surface area contributed by atoms with Crippen molar-refractivity contribution in [3.8, 4) is 0 Å². The van der Waals surface area contributed by atoms with Crippen LogP contribution in [0.5, 0.6) is 0 Å². The summed E-state index contributed by atoms with van der Waals surface area (Å²) in [6.45, 7) is 2.02. The number of rotatable bonds is 0. The minimum absolute atomic E-state index is 0. The molecule has 72 valence electrons. The van der Waals surface area contributed by atoms with Gasteiger partial charge in [-0.3, -0.25) is 4.98 Å². The van der Waals surface area contributed by atoms with Crippen molar-refractivity contribution in [2.75, 3.05) is 0 Å². The van der Waals surface area contributed by atoms with Gasteiger partial charge in [-0.05, 0) is 37.8 Å². The summed E-state index contributed by atoms with van der Waals surface area (Å²) in [5, 5.41) is 0. The van der Waals surface area contributed by atoms with Gasteiger partial charge < -0.3 is 5.73 Å². The highest BCUT2D eigenvalue weighted by atomic mass is 35.5. The second-order valence-electron chi connectivity index (χ2n) is 3.50. The molecule has 0 amide bonds. The first-order chi connectivity index (χ1) is 5.77. The molecule has 1 atom stereocenters. The maximum atomic E-state index is 5.95. The van der Waals surface area contributed by atoms with E-state index in [2.05, 4.69) is 17.1 Å². The quantitative estimate of drug-likeness (QED) is 0.694. The molecule has 1 aliphatic rings. The highest BCUT2D eigenvalue weighted by Crippen LogP contribution is 2.25. The fraction of sp³-hybridized carbons (Fsp3) is 0.500. The van der Waals surface area contributed by atoms with Crippen molar-refractivity contribution in [2.45, 2.75) is 32.2 Å². The molecular formula is C10H15ClN2. The summed E-state index contributed by atoms with van der Waals surface area (Å²) in [4.78, 5) is 4.47. The summed E-state index contributed by atoms with van der Waals surface area (Å²) in [6.07, 6.45) is 3.44. The molecule has 0 aromatic carbocycles. The minimum atomic E-state index is 0. The van der Waals surface area contributed by atoms with Gasteiger partial charge in [0.25, 0.3) is 0 Å². The molecule has 0 aliphatic heterocycles. The van der Waals surface area contributed by atoms with E-state index < -0.39 is 0 Å². The number of hydrogen-bond acceptors (Lipinski definition) is 2. The smallest absolute Gasteiger partial charge is 0.0606 e. The molecule has 13 heavy (non-hydrogen) atoms. The van der Waals surface area contributed by atoms with Crippen LogP contribution in [0.1, 0.15) is 35.8 Å². The van der Waals surface area contributed by atoms with Crippen LogP contribution in [0.2, 0.25) is 0 Å². The normalized spacial score (nSPS) is 20.3. The van der Waals surface area contributed by atoms with Crippen LogP contribution < -0.4 is 5.73 Å². The van der Waals surface area contributed by atoms with Gasteiger partial charge in [-0.25, -0.2) is 0 Å². The number of nitrogens with zero attached hydrogens (tertiary/aromatic N) is 1. The summed E-state index contributed by atoms with van der Waals surface area (Å²) >= 11 is 0. The van der Waals surface area contributed by atoms with Crippen molar-refractivity contribution >= 4 is 12.4 Å². The monoisotopic (exact) mass is 198 g/mol. The molecule has 0 spiro atoms. The summed E-state index contributed by atoms with van der Waals surface area (Å²) in [7, 11) is 0. The molecular weight excluding hydrogens is 184 g/mol. The molecule has 1 aliphatic carbocycles. The lowest BCUT2D eigenvalue weighted by Gasteiger charge is -2.20. The Balaban J connectivity index is 0.000000845. The Kier molecular flexibility index (Phi) is 3.28. The lowest BCUT2D eigenvalue weighted by atomic mass is 9.92. The van der Waals surface area contributed by atoms with Crippen LogP contribution in [0, 0.1) is 6.92 Å². The summed E-state index contributed by atoms with van der Waals surface area (Å²) in [5.74, 6) is 0. The molecule has 0 bridgehead atoms. The van der Waals surface area contributed by atoms with Gasteiger partial charge in [-0.15, -0.1) is 12.4 Å². The Bertz CT molecular complexity index is 299. The molecule has 0 saturated heterocycles. The fourth-order valence-corrected chi connectivity index (χ4v) is 1.79. The second-order valence-corrected chi connectivity index (χ2v) is 3.50. The average Bonchev–Trinajstić information content (AvgIpc) is 2.07. The maximum Gasteiger partial charge on any atom is 0.0606 e. The van der Waals surface area contributed by atoms with Gasteiger partial charge in [0.1, 0.15) is 0 Å². The van der Waals surface area contributed by atoms with E-state index in [4.69, 9.17) is 5.73 Å². The molecule has 2 N–H and O–H groups in total. The molecule has 1 heterocycles. The predicted octanol–water partition coefficient (Wildman–Crippen LogP) is 2.15. The number of aromatic nitrogens is 1. The van der Waals surface area contributed by atoms with Gasteiger partial charge in [-0.1, -0.05) is 6.07 Å². The molecule has 3 heteroatoms. The molecule has 1 aromatic rings. The molecule has 0 radical (unpaired) electrons. The lowest BCUT2D eigenvalue weighted by Crippen LogP contribution is -2.19. The predicted molar refractivity (Wildman–Crippen MR) is 56.1 cm³/mol. The number of nitrogens with two attached hydrogens (primary N) is 1. The SMILES string of the molecule is Cc1ccc2c(n1)C(N)CCC2.Cl. The molecule has 1 unspecified atom stereocenters. The highest BCUT2D eigenvalue weighted by Gasteiger charge is 2.17. The van der Waals surface area contributed by atoms with E-state index in [0.29, 0.717) is 0 Å². The highest BCUT2D eigenvalue weighted by molar-refractivity contribution is 5.85.